The van der Waals surface area contributed by atoms with Crippen molar-refractivity contribution in [1.82, 2.24) is 10.2 Å². The summed E-state index contributed by atoms with van der Waals surface area (Å²) in [4.78, 5) is 2.03. The molecule has 0 aromatic carbocycles. The van der Waals surface area contributed by atoms with Crippen molar-refractivity contribution in [2.24, 2.45) is 0 Å². The van der Waals surface area contributed by atoms with E-state index in [1.807, 2.05) is 4.90 Å². The van der Waals surface area contributed by atoms with Crippen molar-refractivity contribution >= 4 is 28.9 Å². The largest absolute Gasteiger partial charge is 0.394 e. The smallest absolute Gasteiger partial charge is 0.175 e. The fraction of sp³-hybridized carbons (Fsp3) is 0.556. The Morgan fingerprint density at radius 3 is 3.00 bits per heavy atom. The normalized spacial score (nSPS) is 21.0. The van der Waals surface area contributed by atoms with Gasteiger partial charge in [-0.05, 0) is 12.8 Å². The summed E-state index contributed by atoms with van der Waals surface area (Å²) in [6, 6.07) is 1.80. The van der Waals surface area contributed by atoms with Crippen LogP contribution in [0, 0.1) is 0 Å². The fourth-order valence-electron chi connectivity index (χ4n) is 1.89. The van der Waals surface area contributed by atoms with Gasteiger partial charge in [-0.3, -0.25) is 0 Å². The number of nitrogens with zero attached hydrogens (tertiary/aromatic N) is 3. The van der Waals surface area contributed by atoms with E-state index in [-0.39, 0.29) is 12.6 Å². The average molecular weight is 248 g/mol. The summed E-state index contributed by atoms with van der Waals surface area (Å²) < 4.78 is 0. The molecule has 2 rings (SSSR count). The third-order valence-corrected chi connectivity index (χ3v) is 3.05. The van der Waals surface area contributed by atoms with Crippen LogP contribution in [0.3, 0.4) is 0 Å². The number of aliphatic hydroxyl groups excluding tert-OH is 1. The quantitative estimate of drug-likeness (QED) is 0.866. The summed E-state index contributed by atoms with van der Waals surface area (Å²) >= 11 is 11.7. The number of anilines is 1. The molecule has 1 saturated heterocycles. The molecule has 82 valence electrons. The lowest BCUT2D eigenvalue weighted by Crippen LogP contribution is -2.32. The molecule has 1 aromatic rings. The summed E-state index contributed by atoms with van der Waals surface area (Å²) in [7, 11) is 0. The molecular weight excluding hydrogens is 237 g/mol. The van der Waals surface area contributed by atoms with Gasteiger partial charge in [0.15, 0.2) is 10.3 Å². The van der Waals surface area contributed by atoms with E-state index in [0.717, 1.165) is 25.1 Å². The van der Waals surface area contributed by atoms with Crippen LogP contribution in [-0.4, -0.2) is 34.5 Å². The minimum absolute atomic E-state index is 0.114. The lowest BCUT2D eigenvalue weighted by atomic mass is 10.2. The molecular formula is C9H11Cl2N3O. The predicted molar refractivity (Wildman–Crippen MR) is 59.5 cm³/mol. The number of halogens is 2. The van der Waals surface area contributed by atoms with Crippen molar-refractivity contribution in [3.8, 4) is 0 Å². The van der Waals surface area contributed by atoms with Gasteiger partial charge < -0.3 is 10.0 Å². The van der Waals surface area contributed by atoms with Crippen molar-refractivity contribution < 1.29 is 5.11 Å². The van der Waals surface area contributed by atoms with E-state index >= 15 is 0 Å². The van der Waals surface area contributed by atoms with Crippen LogP contribution in [0.25, 0.3) is 0 Å². The van der Waals surface area contributed by atoms with E-state index in [2.05, 4.69) is 10.2 Å². The zero-order valence-corrected chi connectivity index (χ0v) is 9.54. The van der Waals surface area contributed by atoms with Crippen LogP contribution in [0.5, 0.6) is 0 Å². The summed E-state index contributed by atoms with van der Waals surface area (Å²) in [5, 5.41) is 17.3. The van der Waals surface area contributed by atoms with E-state index in [1.165, 1.54) is 0 Å². The highest BCUT2D eigenvalue weighted by Crippen LogP contribution is 2.31. The van der Waals surface area contributed by atoms with Crippen molar-refractivity contribution in [1.29, 1.82) is 0 Å². The van der Waals surface area contributed by atoms with E-state index in [0.29, 0.717) is 10.3 Å². The van der Waals surface area contributed by atoms with Crippen LogP contribution < -0.4 is 4.90 Å². The Bertz CT molecular complexity index is 361. The Morgan fingerprint density at radius 1 is 1.47 bits per heavy atom. The van der Waals surface area contributed by atoms with Gasteiger partial charge in [0.2, 0.25) is 0 Å². The van der Waals surface area contributed by atoms with Gasteiger partial charge in [0, 0.05) is 12.6 Å². The molecule has 0 spiro atoms. The Kier molecular flexibility index (Phi) is 3.29. The Hall–Kier alpha value is -0.580. The van der Waals surface area contributed by atoms with E-state index in [1.54, 1.807) is 6.07 Å². The number of hydrogen-bond acceptors (Lipinski definition) is 4. The van der Waals surface area contributed by atoms with Gasteiger partial charge in [0.1, 0.15) is 0 Å². The van der Waals surface area contributed by atoms with Gasteiger partial charge in [-0.1, -0.05) is 23.2 Å². The molecule has 0 aliphatic carbocycles. The van der Waals surface area contributed by atoms with Crippen molar-refractivity contribution in [2.75, 3.05) is 18.1 Å². The number of rotatable bonds is 2. The molecule has 0 radical (unpaired) electrons. The average Bonchev–Trinajstić information content (AvgIpc) is 2.69. The van der Waals surface area contributed by atoms with Gasteiger partial charge in [0.05, 0.1) is 18.3 Å². The van der Waals surface area contributed by atoms with Crippen LogP contribution >= 0.6 is 23.2 Å². The molecule has 15 heavy (non-hydrogen) atoms. The van der Waals surface area contributed by atoms with E-state index < -0.39 is 0 Å². The molecule has 0 saturated carbocycles. The van der Waals surface area contributed by atoms with Gasteiger partial charge in [-0.15, -0.1) is 10.2 Å². The highest BCUT2D eigenvalue weighted by Gasteiger charge is 2.26. The van der Waals surface area contributed by atoms with Crippen LogP contribution in [0.2, 0.25) is 10.3 Å². The molecule has 1 N–H and O–H groups in total. The van der Waals surface area contributed by atoms with Gasteiger partial charge in [-0.2, -0.15) is 0 Å². The first kappa shape index (κ1) is 10.9. The topological polar surface area (TPSA) is 49.2 Å². The van der Waals surface area contributed by atoms with Crippen molar-refractivity contribution in [2.45, 2.75) is 18.9 Å². The maximum absolute atomic E-state index is 9.20. The number of aromatic nitrogens is 2. The molecule has 6 heteroatoms. The Morgan fingerprint density at radius 2 is 2.27 bits per heavy atom. The van der Waals surface area contributed by atoms with E-state index in [4.69, 9.17) is 23.2 Å². The second-order valence-electron chi connectivity index (χ2n) is 3.52. The first-order valence-corrected chi connectivity index (χ1v) is 5.54. The third kappa shape index (κ3) is 2.17. The van der Waals surface area contributed by atoms with Gasteiger partial charge >= 0.3 is 0 Å². The first-order chi connectivity index (χ1) is 7.22. The lowest BCUT2D eigenvalue weighted by molar-refractivity contribution is 0.266. The minimum Gasteiger partial charge on any atom is -0.394 e. The first-order valence-electron chi connectivity index (χ1n) is 4.78. The Balaban J connectivity index is 2.31. The maximum atomic E-state index is 9.20. The monoisotopic (exact) mass is 247 g/mol. The molecule has 4 nitrogen and oxygen atoms in total. The molecule has 1 aliphatic rings. The molecule has 0 amide bonds. The van der Waals surface area contributed by atoms with Crippen molar-refractivity contribution in [3.63, 3.8) is 0 Å². The zero-order chi connectivity index (χ0) is 10.8. The summed E-state index contributed by atoms with van der Waals surface area (Å²) in [6.45, 7) is 0.989. The summed E-state index contributed by atoms with van der Waals surface area (Å²) in [5.41, 5.74) is 0.758. The molecule has 1 aromatic heterocycles. The number of hydrogen-bond donors (Lipinski definition) is 1. The van der Waals surface area contributed by atoms with Gasteiger partial charge in [0.25, 0.3) is 0 Å². The molecule has 1 unspecified atom stereocenters. The molecule has 1 aliphatic heterocycles. The SMILES string of the molecule is OCC1CCCN1c1cc(Cl)nnc1Cl. The number of aliphatic hydroxyl groups is 1. The fourth-order valence-corrected chi connectivity index (χ4v) is 2.23. The van der Waals surface area contributed by atoms with Crippen LogP contribution in [0.15, 0.2) is 6.07 Å². The van der Waals surface area contributed by atoms with Crippen molar-refractivity contribution in [3.05, 3.63) is 16.4 Å². The third-order valence-electron chi connectivity index (χ3n) is 2.60. The minimum atomic E-state index is 0.114. The highest BCUT2D eigenvalue weighted by atomic mass is 35.5. The van der Waals surface area contributed by atoms with Crippen LogP contribution in [-0.2, 0) is 0 Å². The van der Waals surface area contributed by atoms with E-state index in [9.17, 15) is 5.11 Å². The second kappa shape index (κ2) is 4.51. The molecule has 1 fully saturated rings. The highest BCUT2D eigenvalue weighted by molar-refractivity contribution is 6.33. The standard InChI is InChI=1S/C9H11Cl2N3O/c10-8-4-7(9(11)13-12-8)14-3-1-2-6(14)5-15/h4,6,15H,1-3,5H2. The Labute approximate surface area is 97.8 Å². The summed E-state index contributed by atoms with van der Waals surface area (Å²) in [6.07, 6.45) is 2.01. The van der Waals surface area contributed by atoms with Gasteiger partial charge in [-0.25, -0.2) is 0 Å². The second-order valence-corrected chi connectivity index (χ2v) is 4.26. The zero-order valence-electron chi connectivity index (χ0n) is 8.03. The molecule has 0 bridgehead atoms. The summed E-state index contributed by atoms with van der Waals surface area (Å²) in [5.74, 6) is 0. The maximum Gasteiger partial charge on any atom is 0.175 e. The van der Waals surface area contributed by atoms with Crippen LogP contribution in [0.4, 0.5) is 5.69 Å². The predicted octanol–water partition coefficient (Wildman–Crippen LogP) is 1.74. The van der Waals surface area contributed by atoms with Crippen LogP contribution in [0.1, 0.15) is 12.8 Å². The molecule has 1 atom stereocenters. The molecule has 2 heterocycles. The lowest BCUT2D eigenvalue weighted by Gasteiger charge is -2.25.